The van der Waals surface area contributed by atoms with E-state index in [0.29, 0.717) is 13.0 Å². The summed E-state index contributed by atoms with van der Waals surface area (Å²) in [6, 6.07) is 1.91. The van der Waals surface area contributed by atoms with E-state index in [0.717, 1.165) is 25.8 Å². The number of hydrogen-bond acceptors (Lipinski definition) is 4. The van der Waals surface area contributed by atoms with Crippen LogP contribution in [0.1, 0.15) is 32.1 Å². The van der Waals surface area contributed by atoms with Gasteiger partial charge in [-0.3, -0.25) is 14.5 Å². The van der Waals surface area contributed by atoms with Crippen molar-refractivity contribution in [2.75, 3.05) is 19.6 Å². The van der Waals surface area contributed by atoms with E-state index in [2.05, 4.69) is 5.32 Å². The van der Waals surface area contributed by atoms with Crippen LogP contribution < -0.4 is 5.32 Å². The largest absolute Gasteiger partial charge is 0.481 e. The highest BCUT2D eigenvalue weighted by Crippen LogP contribution is 2.19. The highest BCUT2D eigenvalue weighted by Gasteiger charge is 2.25. The van der Waals surface area contributed by atoms with Crippen LogP contribution in [0.2, 0.25) is 0 Å². The Balaban J connectivity index is 2.39. The van der Waals surface area contributed by atoms with Gasteiger partial charge in [-0.2, -0.15) is 5.26 Å². The van der Waals surface area contributed by atoms with Gasteiger partial charge in [0.2, 0.25) is 5.91 Å². The van der Waals surface area contributed by atoms with Crippen molar-refractivity contribution in [2.24, 2.45) is 0 Å². The lowest BCUT2D eigenvalue weighted by Crippen LogP contribution is -2.46. The zero-order valence-corrected chi connectivity index (χ0v) is 10.4. The minimum absolute atomic E-state index is 0.0435. The number of carbonyl (C=O) groups is 2. The van der Waals surface area contributed by atoms with Crippen molar-refractivity contribution >= 4 is 11.9 Å². The van der Waals surface area contributed by atoms with Gasteiger partial charge in [-0.25, -0.2) is 0 Å². The van der Waals surface area contributed by atoms with Crippen molar-refractivity contribution in [3.05, 3.63) is 0 Å². The summed E-state index contributed by atoms with van der Waals surface area (Å²) < 4.78 is 0. The maximum absolute atomic E-state index is 11.6. The van der Waals surface area contributed by atoms with E-state index >= 15 is 0 Å². The number of aliphatic carboxylic acids is 1. The monoisotopic (exact) mass is 253 g/mol. The smallest absolute Gasteiger partial charge is 0.304 e. The molecule has 1 heterocycles. The Morgan fingerprint density at radius 3 is 2.89 bits per heavy atom. The van der Waals surface area contributed by atoms with Gasteiger partial charge >= 0.3 is 5.97 Å². The van der Waals surface area contributed by atoms with Crippen molar-refractivity contribution in [3.63, 3.8) is 0 Å². The van der Waals surface area contributed by atoms with Gasteiger partial charge in [0.15, 0.2) is 0 Å². The predicted octanol–water partition coefficient (Wildman–Crippen LogP) is 0.345. The molecule has 18 heavy (non-hydrogen) atoms. The van der Waals surface area contributed by atoms with Crippen LogP contribution >= 0.6 is 0 Å². The lowest BCUT2D eigenvalue weighted by atomic mass is 9.99. The van der Waals surface area contributed by atoms with Crippen LogP contribution in [-0.4, -0.2) is 47.6 Å². The molecule has 0 bridgehead atoms. The number of nitriles is 1. The Hall–Kier alpha value is -1.61. The average Bonchev–Trinajstić information content (AvgIpc) is 2.31. The summed E-state index contributed by atoms with van der Waals surface area (Å²) in [6.45, 7) is 1.35. The van der Waals surface area contributed by atoms with Gasteiger partial charge in [0.1, 0.15) is 0 Å². The second-order valence-corrected chi connectivity index (χ2v) is 4.48. The molecule has 0 radical (unpaired) electrons. The second-order valence-electron chi connectivity index (χ2n) is 4.48. The number of likely N-dealkylation sites (tertiary alicyclic amines) is 1. The number of nitrogens with one attached hydrogen (secondary N) is 1. The van der Waals surface area contributed by atoms with Crippen molar-refractivity contribution in [2.45, 2.75) is 38.1 Å². The fraction of sp³-hybridized carbons (Fsp3) is 0.750. The number of carboxylic acids is 1. The van der Waals surface area contributed by atoms with Crippen molar-refractivity contribution < 1.29 is 14.7 Å². The zero-order chi connectivity index (χ0) is 13.4. The first-order chi connectivity index (χ1) is 8.63. The minimum Gasteiger partial charge on any atom is -0.481 e. The van der Waals surface area contributed by atoms with E-state index < -0.39 is 5.97 Å². The average molecular weight is 253 g/mol. The predicted molar refractivity (Wildman–Crippen MR) is 64.7 cm³/mol. The van der Waals surface area contributed by atoms with Gasteiger partial charge < -0.3 is 10.4 Å². The molecule has 1 amide bonds. The van der Waals surface area contributed by atoms with Crippen molar-refractivity contribution in [1.82, 2.24) is 10.2 Å². The molecular weight excluding hydrogens is 234 g/mol. The van der Waals surface area contributed by atoms with Gasteiger partial charge in [0, 0.05) is 12.6 Å². The molecule has 0 aromatic carbocycles. The first-order valence-corrected chi connectivity index (χ1v) is 6.23. The van der Waals surface area contributed by atoms with Crippen molar-refractivity contribution in [3.8, 4) is 6.07 Å². The standard InChI is InChI=1S/C12H19N3O3/c13-5-3-6-14-11(16)9-15-7-2-1-4-10(15)8-12(17)18/h10H,1-4,6-9H2,(H,14,16)(H,17,18). The first kappa shape index (κ1) is 14.5. The van der Waals surface area contributed by atoms with Crippen LogP contribution in [0.25, 0.3) is 0 Å². The molecule has 1 rings (SSSR count). The van der Waals surface area contributed by atoms with Crippen LogP contribution in [0.15, 0.2) is 0 Å². The summed E-state index contributed by atoms with van der Waals surface area (Å²) >= 11 is 0. The Morgan fingerprint density at radius 2 is 2.22 bits per heavy atom. The maximum atomic E-state index is 11.6. The molecule has 6 nitrogen and oxygen atoms in total. The second kappa shape index (κ2) is 7.67. The van der Waals surface area contributed by atoms with Gasteiger partial charge in [-0.15, -0.1) is 0 Å². The molecule has 1 saturated heterocycles. The fourth-order valence-corrected chi connectivity index (χ4v) is 2.20. The number of amides is 1. The van der Waals surface area contributed by atoms with Crippen LogP contribution in [0, 0.1) is 11.3 Å². The lowest BCUT2D eigenvalue weighted by Gasteiger charge is -2.34. The molecule has 1 aliphatic heterocycles. The fourth-order valence-electron chi connectivity index (χ4n) is 2.20. The summed E-state index contributed by atoms with van der Waals surface area (Å²) in [5.74, 6) is -0.959. The van der Waals surface area contributed by atoms with Crippen LogP contribution in [0.4, 0.5) is 0 Å². The number of hydrogen-bond donors (Lipinski definition) is 2. The molecule has 1 fully saturated rings. The molecule has 0 saturated carbocycles. The molecule has 6 heteroatoms. The molecule has 1 aliphatic rings. The maximum Gasteiger partial charge on any atom is 0.304 e. The van der Waals surface area contributed by atoms with Gasteiger partial charge in [-0.1, -0.05) is 6.42 Å². The van der Waals surface area contributed by atoms with E-state index in [1.165, 1.54) is 0 Å². The van der Waals surface area contributed by atoms with E-state index in [1.54, 1.807) is 0 Å². The third kappa shape index (κ3) is 5.15. The number of piperidine rings is 1. The Morgan fingerprint density at radius 1 is 1.44 bits per heavy atom. The number of rotatable bonds is 6. The topological polar surface area (TPSA) is 93.4 Å². The summed E-state index contributed by atoms with van der Waals surface area (Å²) in [4.78, 5) is 24.3. The first-order valence-electron chi connectivity index (χ1n) is 6.23. The summed E-state index contributed by atoms with van der Waals surface area (Å²) in [7, 11) is 0. The Bertz CT molecular complexity index is 338. The third-order valence-corrected chi connectivity index (χ3v) is 3.06. The van der Waals surface area contributed by atoms with E-state index in [-0.39, 0.29) is 24.9 Å². The van der Waals surface area contributed by atoms with E-state index in [4.69, 9.17) is 10.4 Å². The summed E-state index contributed by atoms with van der Waals surface area (Å²) in [5, 5.41) is 19.8. The number of carboxylic acid groups (broad SMARTS) is 1. The van der Waals surface area contributed by atoms with E-state index in [9.17, 15) is 9.59 Å². The molecule has 2 N–H and O–H groups in total. The molecule has 100 valence electrons. The quantitative estimate of drug-likeness (QED) is 0.666. The van der Waals surface area contributed by atoms with Gasteiger partial charge in [-0.05, 0) is 19.4 Å². The molecule has 1 atom stereocenters. The zero-order valence-electron chi connectivity index (χ0n) is 10.4. The Kier molecular flexibility index (Phi) is 6.15. The summed E-state index contributed by atoms with van der Waals surface area (Å²) in [5.41, 5.74) is 0. The van der Waals surface area contributed by atoms with Crippen LogP contribution in [0.3, 0.4) is 0 Å². The summed E-state index contributed by atoms with van der Waals surface area (Å²) in [6.07, 6.45) is 3.24. The number of carbonyl (C=O) groups excluding carboxylic acids is 1. The molecular formula is C12H19N3O3. The number of nitrogens with zero attached hydrogens (tertiary/aromatic N) is 2. The minimum atomic E-state index is -0.822. The van der Waals surface area contributed by atoms with Crippen molar-refractivity contribution in [1.29, 1.82) is 5.26 Å². The van der Waals surface area contributed by atoms with Crippen LogP contribution in [-0.2, 0) is 9.59 Å². The Labute approximate surface area is 107 Å². The highest BCUT2D eigenvalue weighted by molar-refractivity contribution is 5.78. The highest BCUT2D eigenvalue weighted by atomic mass is 16.4. The van der Waals surface area contributed by atoms with E-state index in [1.807, 2.05) is 11.0 Å². The third-order valence-electron chi connectivity index (χ3n) is 3.06. The normalized spacial score (nSPS) is 20.1. The van der Waals surface area contributed by atoms with Gasteiger partial charge in [0.25, 0.3) is 0 Å². The lowest BCUT2D eigenvalue weighted by molar-refractivity contribution is -0.139. The molecule has 0 aromatic heterocycles. The molecule has 0 aliphatic carbocycles. The molecule has 1 unspecified atom stereocenters. The van der Waals surface area contributed by atoms with Crippen LogP contribution in [0.5, 0.6) is 0 Å². The molecule has 0 aromatic rings. The SMILES string of the molecule is N#CCCNC(=O)CN1CCCCC1CC(=O)O. The molecule has 0 spiro atoms. The van der Waals surface area contributed by atoms with Gasteiger partial charge in [0.05, 0.1) is 25.5 Å².